The molecule has 0 aromatic heterocycles. The Bertz CT molecular complexity index is 309. The summed E-state index contributed by atoms with van der Waals surface area (Å²) in [5.74, 6) is 0.782. The van der Waals surface area contributed by atoms with Crippen LogP contribution in [0.15, 0.2) is 22.7 Å². The van der Waals surface area contributed by atoms with Gasteiger partial charge in [-0.3, -0.25) is 0 Å². The van der Waals surface area contributed by atoms with Crippen LogP contribution in [-0.4, -0.2) is 18.8 Å². The highest BCUT2D eigenvalue weighted by Crippen LogP contribution is 2.28. The summed E-state index contributed by atoms with van der Waals surface area (Å²) >= 11 is 3.38. The van der Waals surface area contributed by atoms with E-state index < -0.39 is 0 Å². The zero-order chi connectivity index (χ0) is 10.6. The van der Waals surface area contributed by atoms with Gasteiger partial charge in [-0.2, -0.15) is 0 Å². The molecule has 0 aliphatic carbocycles. The lowest BCUT2D eigenvalue weighted by atomic mass is 10.1. The Morgan fingerprint density at radius 3 is 2.67 bits per heavy atom. The third-order valence-corrected chi connectivity index (χ3v) is 2.66. The number of benzene rings is 1. The van der Waals surface area contributed by atoms with Gasteiger partial charge in [0, 0.05) is 12.6 Å². The van der Waals surface area contributed by atoms with Gasteiger partial charge in [0.05, 0.1) is 11.6 Å². The van der Waals surface area contributed by atoms with E-state index in [4.69, 9.17) is 15.6 Å². The summed E-state index contributed by atoms with van der Waals surface area (Å²) in [6, 6.07) is 5.56. The first kappa shape index (κ1) is 14.7. The fourth-order valence-corrected chi connectivity index (χ4v) is 1.78. The van der Waals surface area contributed by atoms with E-state index in [1.807, 2.05) is 18.2 Å². The van der Waals surface area contributed by atoms with Gasteiger partial charge in [0.15, 0.2) is 0 Å². The molecule has 0 heterocycles. The molecule has 0 bridgehead atoms. The Morgan fingerprint density at radius 1 is 1.53 bits per heavy atom. The molecule has 0 spiro atoms. The Balaban J connectivity index is 0.00000196. The van der Waals surface area contributed by atoms with Crippen LogP contribution >= 0.6 is 28.3 Å². The lowest BCUT2D eigenvalue weighted by Crippen LogP contribution is -2.11. The van der Waals surface area contributed by atoms with Gasteiger partial charge in [0.25, 0.3) is 0 Å². The molecule has 0 radical (unpaired) electrons. The Morgan fingerprint density at radius 2 is 2.20 bits per heavy atom. The normalized spacial score (nSPS) is 11.7. The van der Waals surface area contributed by atoms with Crippen molar-refractivity contribution in [3.05, 3.63) is 28.2 Å². The second kappa shape index (κ2) is 7.06. The van der Waals surface area contributed by atoms with Gasteiger partial charge in [0.2, 0.25) is 0 Å². The monoisotopic (exact) mass is 295 g/mol. The summed E-state index contributed by atoms with van der Waals surface area (Å²) in [7, 11) is 1.62. The molecule has 0 aliphatic heterocycles. The highest BCUT2D eigenvalue weighted by atomic mass is 79.9. The van der Waals surface area contributed by atoms with Crippen LogP contribution in [0.2, 0.25) is 0 Å². The van der Waals surface area contributed by atoms with Crippen LogP contribution in [0.4, 0.5) is 0 Å². The topological polar surface area (TPSA) is 55.5 Å². The van der Waals surface area contributed by atoms with Crippen LogP contribution < -0.4 is 10.5 Å². The van der Waals surface area contributed by atoms with E-state index in [2.05, 4.69) is 15.9 Å². The molecule has 1 aromatic rings. The molecule has 15 heavy (non-hydrogen) atoms. The van der Waals surface area contributed by atoms with E-state index in [9.17, 15) is 0 Å². The van der Waals surface area contributed by atoms with Gasteiger partial charge in [-0.25, -0.2) is 0 Å². The van der Waals surface area contributed by atoms with E-state index in [1.54, 1.807) is 7.11 Å². The minimum atomic E-state index is -0.123. The van der Waals surface area contributed by atoms with Crippen LogP contribution in [-0.2, 0) is 0 Å². The predicted molar refractivity (Wildman–Crippen MR) is 66.6 cm³/mol. The van der Waals surface area contributed by atoms with E-state index in [0.717, 1.165) is 15.8 Å². The summed E-state index contributed by atoms with van der Waals surface area (Å²) in [6.07, 6.45) is 0.568. The molecule has 3 nitrogen and oxygen atoms in total. The van der Waals surface area contributed by atoms with Gasteiger partial charge in [-0.15, -0.1) is 12.4 Å². The number of aliphatic hydroxyl groups excluding tert-OH is 1. The van der Waals surface area contributed by atoms with Crippen LogP contribution in [0.5, 0.6) is 5.75 Å². The van der Waals surface area contributed by atoms with E-state index >= 15 is 0 Å². The summed E-state index contributed by atoms with van der Waals surface area (Å²) < 4.78 is 5.98. The number of halogens is 2. The van der Waals surface area contributed by atoms with Gasteiger partial charge < -0.3 is 15.6 Å². The van der Waals surface area contributed by atoms with Crippen LogP contribution in [0.3, 0.4) is 0 Å². The van der Waals surface area contributed by atoms with Crippen LogP contribution in [0, 0.1) is 0 Å². The van der Waals surface area contributed by atoms with Crippen molar-refractivity contribution in [2.24, 2.45) is 5.73 Å². The number of aliphatic hydroxyl groups is 1. The van der Waals surface area contributed by atoms with E-state index in [-0.39, 0.29) is 25.1 Å². The zero-order valence-electron chi connectivity index (χ0n) is 8.44. The summed E-state index contributed by atoms with van der Waals surface area (Å²) in [6.45, 7) is 0.102. The maximum absolute atomic E-state index is 8.75. The smallest absolute Gasteiger partial charge is 0.133 e. The molecule has 0 saturated carbocycles. The third-order valence-electron chi connectivity index (χ3n) is 2.04. The van der Waals surface area contributed by atoms with E-state index in [1.165, 1.54) is 0 Å². The van der Waals surface area contributed by atoms with Gasteiger partial charge in [-0.05, 0) is 40.0 Å². The SMILES string of the molecule is COc1ccc(C(N)CCO)cc1Br.Cl. The molecule has 1 atom stereocenters. The van der Waals surface area contributed by atoms with E-state index in [0.29, 0.717) is 6.42 Å². The molecule has 5 heteroatoms. The van der Waals surface area contributed by atoms with Crippen molar-refractivity contribution >= 4 is 28.3 Å². The summed E-state index contributed by atoms with van der Waals surface area (Å²) in [4.78, 5) is 0. The molecule has 86 valence electrons. The predicted octanol–water partition coefficient (Wildman–Crippen LogP) is 2.26. The summed E-state index contributed by atoms with van der Waals surface area (Å²) in [5, 5.41) is 8.75. The second-order valence-electron chi connectivity index (χ2n) is 3.01. The minimum absolute atomic E-state index is 0. The minimum Gasteiger partial charge on any atom is -0.496 e. The molecule has 3 N–H and O–H groups in total. The molecule has 0 saturated heterocycles. The molecular formula is C10H15BrClNO2. The third kappa shape index (κ3) is 3.99. The largest absolute Gasteiger partial charge is 0.496 e. The molecule has 1 aromatic carbocycles. The quantitative estimate of drug-likeness (QED) is 0.896. The summed E-state index contributed by atoms with van der Waals surface area (Å²) in [5.41, 5.74) is 6.84. The van der Waals surface area contributed by atoms with Crippen LogP contribution in [0.25, 0.3) is 0 Å². The van der Waals surface area contributed by atoms with Crippen molar-refractivity contribution in [2.45, 2.75) is 12.5 Å². The maximum Gasteiger partial charge on any atom is 0.133 e. The van der Waals surface area contributed by atoms with Crippen molar-refractivity contribution in [1.29, 1.82) is 0 Å². The Labute approximate surface area is 104 Å². The Kier molecular flexibility index (Phi) is 6.92. The maximum atomic E-state index is 8.75. The molecule has 1 unspecified atom stereocenters. The van der Waals surface area contributed by atoms with Gasteiger partial charge in [0.1, 0.15) is 5.75 Å². The van der Waals surface area contributed by atoms with Crippen molar-refractivity contribution in [2.75, 3.05) is 13.7 Å². The highest BCUT2D eigenvalue weighted by Gasteiger charge is 2.07. The number of rotatable bonds is 4. The molecular weight excluding hydrogens is 281 g/mol. The van der Waals surface area contributed by atoms with Gasteiger partial charge >= 0.3 is 0 Å². The highest BCUT2D eigenvalue weighted by molar-refractivity contribution is 9.10. The van der Waals surface area contributed by atoms with Crippen molar-refractivity contribution in [3.8, 4) is 5.75 Å². The molecule has 1 rings (SSSR count). The number of hydrogen-bond donors (Lipinski definition) is 2. The first-order chi connectivity index (χ1) is 6.69. The fourth-order valence-electron chi connectivity index (χ4n) is 1.22. The number of nitrogens with two attached hydrogens (primary N) is 1. The lowest BCUT2D eigenvalue weighted by Gasteiger charge is -2.12. The van der Waals surface area contributed by atoms with Crippen molar-refractivity contribution in [1.82, 2.24) is 0 Å². The lowest BCUT2D eigenvalue weighted by molar-refractivity contribution is 0.276. The fraction of sp³-hybridized carbons (Fsp3) is 0.400. The Hall–Kier alpha value is -0.290. The number of ether oxygens (including phenoxy) is 1. The standard InChI is InChI=1S/C10H14BrNO2.ClH/c1-14-10-3-2-7(6-8(10)11)9(12)4-5-13;/h2-3,6,9,13H,4-5,12H2,1H3;1H. The molecule has 0 aliphatic rings. The molecule has 0 fully saturated rings. The van der Waals surface area contributed by atoms with Crippen molar-refractivity contribution in [3.63, 3.8) is 0 Å². The first-order valence-corrected chi connectivity index (χ1v) is 5.18. The number of methoxy groups -OCH3 is 1. The zero-order valence-corrected chi connectivity index (χ0v) is 10.8. The van der Waals surface area contributed by atoms with Crippen molar-refractivity contribution < 1.29 is 9.84 Å². The average molecular weight is 297 g/mol. The van der Waals surface area contributed by atoms with Gasteiger partial charge in [-0.1, -0.05) is 6.07 Å². The van der Waals surface area contributed by atoms with Crippen LogP contribution in [0.1, 0.15) is 18.0 Å². The second-order valence-corrected chi connectivity index (χ2v) is 3.87. The number of hydrogen-bond acceptors (Lipinski definition) is 3. The first-order valence-electron chi connectivity index (χ1n) is 4.39. The average Bonchev–Trinajstić information content (AvgIpc) is 2.18. The molecule has 0 amide bonds.